The lowest BCUT2D eigenvalue weighted by Crippen LogP contribution is -2.52. The van der Waals surface area contributed by atoms with Gasteiger partial charge in [-0.25, -0.2) is 4.79 Å². The minimum atomic E-state index is -4.47. The van der Waals surface area contributed by atoms with Gasteiger partial charge in [-0.05, 0) is 25.0 Å². The maximum Gasteiger partial charge on any atom is 0.416 e. The highest BCUT2D eigenvalue weighted by atomic mass is 19.4. The van der Waals surface area contributed by atoms with Gasteiger partial charge >= 0.3 is 12.1 Å². The largest absolute Gasteiger partial charge is 0.480 e. The van der Waals surface area contributed by atoms with Gasteiger partial charge in [0.1, 0.15) is 11.9 Å². The number of aromatic nitrogens is 3. The molecule has 2 atom stereocenters. The summed E-state index contributed by atoms with van der Waals surface area (Å²) in [5.41, 5.74) is -0.423. The first-order valence-corrected chi connectivity index (χ1v) is 8.66. The van der Waals surface area contributed by atoms with Crippen LogP contribution in [0.15, 0.2) is 24.3 Å². The van der Waals surface area contributed by atoms with Crippen molar-refractivity contribution in [1.29, 1.82) is 0 Å². The average molecular weight is 396 g/mol. The van der Waals surface area contributed by atoms with Crippen LogP contribution in [-0.4, -0.2) is 42.7 Å². The summed E-state index contributed by atoms with van der Waals surface area (Å²) in [7, 11) is 0. The molecular weight excluding hydrogens is 377 g/mol. The number of benzene rings is 1. The monoisotopic (exact) mass is 396 g/mol. The number of nitrogens with zero attached hydrogens (tertiary/aromatic N) is 4. The number of aliphatic carboxylic acids is 1. The zero-order chi connectivity index (χ0) is 20.6. The van der Waals surface area contributed by atoms with Gasteiger partial charge in [0.15, 0.2) is 5.82 Å². The zero-order valence-electron chi connectivity index (χ0n) is 15.3. The van der Waals surface area contributed by atoms with Crippen molar-refractivity contribution in [2.75, 3.05) is 0 Å². The molecule has 0 bridgehead atoms. The van der Waals surface area contributed by atoms with Crippen molar-refractivity contribution in [2.24, 2.45) is 5.92 Å². The minimum Gasteiger partial charge on any atom is -0.480 e. The third-order valence-electron chi connectivity index (χ3n) is 4.84. The Morgan fingerprint density at radius 1 is 1.32 bits per heavy atom. The number of hydrogen-bond donors (Lipinski definition) is 1. The summed E-state index contributed by atoms with van der Waals surface area (Å²) < 4.78 is 40.3. The van der Waals surface area contributed by atoms with Crippen molar-refractivity contribution in [3.63, 3.8) is 0 Å². The van der Waals surface area contributed by atoms with Gasteiger partial charge in [-0.15, -0.1) is 10.2 Å². The first-order valence-electron chi connectivity index (χ1n) is 8.66. The van der Waals surface area contributed by atoms with Gasteiger partial charge in [-0.3, -0.25) is 4.79 Å². The van der Waals surface area contributed by atoms with E-state index in [-0.39, 0.29) is 19.5 Å². The summed E-state index contributed by atoms with van der Waals surface area (Å²) >= 11 is 0. The summed E-state index contributed by atoms with van der Waals surface area (Å²) in [5, 5.41) is 17.4. The molecule has 1 aliphatic heterocycles. The smallest absolute Gasteiger partial charge is 0.416 e. The molecule has 150 valence electrons. The molecule has 1 aromatic carbocycles. The maximum atomic E-state index is 12.9. The van der Waals surface area contributed by atoms with E-state index >= 15 is 0 Å². The van der Waals surface area contributed by atoms with Crippen LogP contribution in [0.25, 0.3) is 0 Å². The van der Waals surface area contributed by atoms with Gasteiger partial charge in [0.2, 0.25) is 5.91 Å². The number of carboxylic acid groups (broad SMARTS) is 1. The van der Waals surface area contributed by atoms with E-state index in [1.165, 1.54) is 17.0 Å². The Morgan fingerprint density at radius 3 is 2.68 bits per heavy atom. The molecule has 7 nitrogen and oxygen atoms in total. The lowest BCUT2D eigenvalue weighted by Gasteiger charge is -2.35. The number of alkyl halides is 3. The first-order chi connectivity index (χ1) is 13.1. The second-order valence-corrected chi connectivity index (χ2v) is 6.90. The number of amides is 1. The number of aryl methyl sites for hydroxylation is 1. The van der Waals surface area contributed by atoms with Crippen molar-refractivity contribution in [1.82, 2.24) is 19.7 Å². The molecule has 2 heterocycles. The summed E-state index contributed by atoms with van der Waals surface area (Å²) in [6, 6.07) is 3.70. The Bertz CT molecular complexity index is 910. The first kappa shape index (κ1) is 19.8. The highest BCUT2D eigenvalue weighted by Crippen LogP contribution is 2.30. The SMILES string of the molecule is Cc1nnc2n1CC(C(=O)O)N(C(=O)C(C)Cc1cccc(C(F)(F)F)c1)C2. The van der Waals surface area contributed by atoms with Crippen LogP contribution in [0.5, 0.6) is 0 Å². The summed E-state index contributed by atoms with van der Waals surface area (Å²) in [6.45, 7) is 3.30. The maximum absolute atomic E-state index is 12.9. The second-order valence-electron chi connectivity index (χ2n) is 6.90. The Kier molecular flexibility index (Phi) is 5.14. The fourth-order valence-corrected chi connectivity index (χ4v) is 3.35. The average Bonchev–Trinajstić information content (AvgIpc) is 2.99. The Hall–Kier alpha value is -2.91. The molecule has 10 heteroatoms. The van der Waals surface area contributed by atoms with Crippen molar-refractivity contribution >= 4 is 11.9 Å². The van der Waals surface area contributed by atoms with Gasteiger partial charge in [0.05, 0.1) is 18.7 Å². The van der Waals surface area contributed by atoms with E-state index in [1.54, 1.807) is 18.4 Å². The van der Waals surface area contributed by atoms with Crippen molar-refractivity contribution in [3.05, 3.63) is 47.0 Å². The van der Waals surface area contributed by atoms with E-state index in [2.05, 4.69) is 10.2 Å². The van der Waals surface area contributed by atoms with Crippen molar-refractivity contribution in [2.45, 2.75) is 45.6 Å². The molecule has 1 aliphatic rings. The van der Waals surface area contributed by atoms with Crippen LogP contribution in [0, 0.1) is 12.8 Å². The van der Waals surface area contributed by atoms with Gasteiger partial charge in [-0.2, -0.15) is 13.2 Å². The lowest BCUT2D eigenvalue weighted by atomic mass is 9.97. The Labute approximate surface area is 158 Å². The minimum absolute atomic E-state index is 0.0103. The summed E-state index contributed by atoms with van der Waals surface area (Å²) in [4.78, 5) is 25.8. The fraction of sp³-hybridized carbons (Fsp3) is 0.444. The van der Waals surface area contributed by atoms with E-state index in [4.69, 9.17) is 0 Å². The molecule has 0 aliphatic carbocycles. The number of carboxylic acids is 1. The van der Waals surface area contributed by atoms with Crippen LogP contribution in [0.4, 0.5) is 13.2 Å². The molecule has 2 unspecified atom stereocenters. The van der Waals surface area contributed by atoms with Gasteiger partial charge in [0, 0.05) is 5.92 Å². The number of carbonyl (C=O) groups excluding carboxylic acids is 1. The molecule has 0 fully saturated rings. The predicted octanol–water partition coefficient (Wildman–Crippen LogP) is 2.28. The van der Waals surface area contributed by atoms with Crippen molar-refractivity contribution in [3.8, 4) is 0 Å². The topological polar surface area (TPSA) is 88.3 Å². The molecule has 0 radical (unpaired) electrons. The second kappa shape index (κ2) is 7.25. The van der Waals surface area contributed by atoms with E-state index in [9.17, 15) is 27.9 Å². The van der Waals surface area contributed by atoms with Crippen LogP contribution in [-0.2, 0) is 35.3 Å². The molecule has 1 aromatic heterocycles. The highest BCUT2D eigenvalue weighted by Gasteiger charge is 2.38. The van der Waals surface area contributed by atoms with E-state index < -0.39 is 35.6 Å². The van der Waals surface area contributed by atoms with Crippen LogP contribution >= 0.6 is 0 Å². The van der Waals surface area contributed by atoms with E-state index in [1.807, 2.05) is 0 Å². The molecular formula is C18H19F3N4O3. The molecule has 1 amide bonds. The number of fused-ring (bicyclic) bond motifs is 1. The summed E-state index contributed by atoms with van der Waals surface area (Å²) in [5.74, 6) is -1.25. The zero-order valence-corrected chi connectivity index (χ0v) is 15.3. The van der Waals surface area contributed by atoms with Gasteiger partial charge in [-0.1, -0.05) is 25.1 Å². The predicted molar refractivity (Wildman–Crippen MR) is 91.0 cm³/mol. The van der Waals surface area contributed by atoms with Gasteiger partial charge < -0.3 is 14.6 Å². The van der Waals surface area contributed by atoms with E-state index in [0.717, 1.165) is 12.1 Å². The van der Waals surface area contributed by atoms with Crippen LogP contribution in [0.1, 0.15) is 29.7 Å². The number of hydrogen-bond acceptors (Lipinski definition) is 4. The van der Waals surface area contributed by atoms with Crippen molar-refractivity contribution < 1.29 is 27.9 Å². The van der Waals surface area contributed by atoms with Crippen LogP contribution < -0.4 is 0 Å². The Balaban J connectivity index is 1.79. The highest BCUT2D eigenvalue weighted by molar-refractivity contribution is 5.85. The normalized spacial score (nSPS) is 17.9. The number of halogens is 3. The molecule has 0 saturated heterocycles. The van der Waals surface area contributed by atoms with Crippen LogP contribution in [0.3, 0.4) is 0 Å². The molecule has 2 aromatic rings. The quantitative estimate of drug-likeness (QED) is 0.857. The third-order valence-corrected chi connectivity index (χ3v) is 4.84. The number of carbonyl (C=O) groups is 2. The molecule has 28 heavy (non-hydrogen) atoms. The molecule has 0 saturated carbocycles. The van der Waals surface area contributed by atoms with Gasteiger partial charge in [0.25, 0.3) is 0 Å². The molecule has 0 spiro atoms. The van der Waals surface area contributed by atoms with E-state index in [0.29, 0.717) is 17.2 Å². The van der Waals surface area contributed by atoms with Crippen LogP contribution in [0.2, 0.25) is 0 Å². The lowest BCUT2D eigenvalue weighted by molar-refractivity contribution is -0.154. The fourth-order valence-electron chi connectivity index (χ4n) is 3.35. The number of rotatable bonds is 4. The third kappa shape index (κ3) is 3.85. The standard InChI is InChI=1S/C18H19F3N4O3/c1-10(6-12-4-3-5-13(7-12)18(19,20)21)16(26)25-9-15-23-22-11(2)24(15)8-14(25)17(27)28/h3-5,7,10,14H,6,8-9H2,1-2H3,(H,27,28). The molecule has 3 rings (SSSR count). The summed E-state index contributed by atoms with van der Waals surface area (Å²) in [6.07, 6.45) is -4.40. The molecule has 1 N–H and O–H groups in total. The Morgan fingerprint density at radius 2 is 2.04 bits per heavy atom.